The summed E-state index contributed by atoms with van der Waals surface area (Å²) in [6, 6.07) is 4.62. The topological polar surface area (TPSA) is 63.7 Å². The highest BCUT2D eigenvalue weighted by molar-refractivity contribution is 7.89. The van der Waals surface area contributed by atoms with E-state index in [0.717, 1.165) is 6.92 Å². The summed E-state index contributed by atoms with van der Waals surface area (Å²) in [6.45, 7) is 6.77. The number of anilines is 1. The van der Waals surface area contributed by atoms with Crippen molar-refractivity contribution in [2.75, 3.05) is 11.4 Å². The summed E-state index contributed by atoms with van der Waals surface area (Å²) in [4.78, 5) is 13.7. The molecule has 0 aromatic heterocycles. The van der Waals surface area contributed by atoms with Crippen LogP contribution in [0.3, 0.4) is 0 Å². The summed E-state index contributed by atoms with van der Waals surface area (Å²) in [7, 11) is -4.20. The number of hydrogen-bond donors (Lipinski definition) is 0. The molecule has 1 atom stereocenters. The number of carbonyl (C=O) groups is 1. The van der Waals surface area contributed by atoms with Crippen molar-refractivity contribution in [3.05, 3.63) is 63.7 Å². The molecule has 3 rings (SSSR count). The third-order valence-corrected chi connectivity index (χ3v) is 6.69. The van der Waals surface area contributed by atoms with Crippen molar-refractivity contribution in [1.29, 1.82) is 0 Å². The maximum absolute atomic E-state index is 14.1. The molecule has 0 bridgehead atoms. The summed E-state index contributed by atoms with van der Waals surface area (Å²) in [6.07, 6.45) is -1.13. The van der Waals surface area contributed by atoms with E-state index in [1.165, 1.54) is 11.0 Å². The fourth-order valence-electron chi connectivity index (χ4n) is 3.62. The number of ether oxygens (including phenoxy) is 1. The summed E-state index contributed by atoms with van der Waals surface area (Å²) in [5.74, 6) is -8.36. The molecule has 10 heteroatoms. The minimum absolute atomic E-state index is 0.156. The van der Waals surface area contributed by atoms with E-state index >= 15 is 0 Å². The van der Waals surface area contributed by atoms with Crippen LogP contribution in [-0.2, 0) is 26.1 Å². The lowest BCUT2D eigenvalue weighted by molar-refractivity contribution is 0.107. The summed E-state index contributed by atoms with van der Waals surface area (Å²) in [5, 5.41) is 0. The van der Waals surface area contributed by atoms with Gasteiger partial charge in [-0.05, 0) is 37.5 Å². The van der Waals surface area contributed by atoms with Crippen LogP contribution in [-0.4, -0.2) is 21.1 Å². The number of fused-ring (bicyclic) bond motifs is 1. The van der Waals surface area contributed by atoms with Gasteiger partial charge in [0.1, 0.15) is 6.10 Å². The Morgan fingerprint density at radius 2 is 1.62 bits per heavy atom. The summed E-state index contributed by atoms with van der Waals surface area (Å²) >= 11 is 0. The molecule has 1 heterocycles. The predicted octanol–water partition coefficient (Wildman–Crippen LogP) is 5.34. The molecular formula is C22H23F4NO4S. The van der Waals surface area contributed by atoms with Crippen LogP contribution in [0.25, 0.3) is 0 Å². The number of halogens is 4. The van der Waals surface area contributed by atoms with E-state index in [2.05, 4.69) is 0 Å². The zero-order chi connectivity index (χ0) is 24.0. The number of rotatable bonds is 6. The van der Waals surface area contributed by atoms with Crippen molar-refractivity contribution < 1.29 is 35.5 Å². The molecule has 0 N–H and O–H groups in total. The molecule has 0 saturated carbocycles. The Balaban J connectivity index is 1.92. The van der Waals surface area contributed by atoms with E-state index in [-0.39, 0.29) is 11.5 Å². The zero-order valence-electron chi connectivity index (χ0n) is 18.0. The molecular weight excluding hydrogens is 450 g/mol. The molecule has 2 aromatic rings. The molecule has 0 saturated heterocycles. The fraction of sp³-hybridized carbons (Fsp3) is 0.409. The first-order chi connectivity index (χ1) is 14.8. The van der Waals surface area contributed by atoms with Crippen LogP contribution >= 0.6 is 0 Å². The molecule has 0 spiro atoms. The van der Waals surface area contributed by atoms with Gasteiger partial charge in [0.15, 0.2) is 33.1 Å². The smallest absolute Gasteiger partial charge is 0.414 e. The van der Waals surface area contributed by atoms with Crippen LogP contribution in [0.4, 0.5) is 28.0 Å². The van der Waals surface area contributed by atoms with Crippen molar-refractivity contribution in [3.8, 4) is 0 Å². The van der Waals surface area contributed by atoms with Crippen LogP contribution in [0.1, 0.15) is 49.1 Å². The van der Waals surface area contributed by atoms with E-state index in [0.29, 0.717) is 17.8 Å². The first kappa shape index (κ1) is 24.0. The van der Waals surface area contributed by atoms with Crippen LogP contribution in [0.5, 0.6) is 0 Å². The minimum Gasteiger partial charge on any atom is -0.441 e. The average molecular weight is 473 g/mol. The maximum Gasteiger partial charge on any atom is 0.414 e. The van der Waals surface area contributed by atoms with Crippen LogP contribution in [0, 0.1) is 36.1 Å². The second kappa shape index (κ2) is 8.73. The third-order valence-electron chi connectivity index (χ3n) is 5.19. The van der Waals surface area contributed by atoms with Gasteiger partial charge in [-0.15, -0.1) is 0 Å². The number of benzene rings is 2. The number of nitrogens with zero attached hydrogens (tertiary/aromatic N) is 1. The van der Waals surface area contributed by atoms with E-state index in [4.69, 9.17) is 4.74 Å². The Morgan fingerprint density at radius 3 is 2.19 bits per heavy atom. The van der Waals surface area contributed by atoms with Gasteiger partial charge >= 0.3 is 6.09 Å². The second-order valence-corrected chi connectivity index (χ2v) is 10.4. The second-order valence-electron chi connectivity index (χ2n) is 8.32. The van der Waals surface area contributed by atoms with Crippen molar-refractivity contribution in [1.82, 2.24) is 0 Å². The van der Waals surface area contributed by atoms with E-state index in [1.807, 2.05) is 13.8 Å². The Kier molecular flexibility index (Phi) is 6.55. The van der Waals surface area contributed by atoms with Gasteiger partial charge in [-0.1, -0.05) is 19.9 Å². The fourth-order valence-corrected chi connectivity index (χ4v) is 5.10. The Morgan fingerprint density at radius 1 is 1.03 bits per heavy atom. The van der Waals surface area contributed by atoms with Gasteiger partial charge in [-0.25, -0.2) is 30.8 Å². The molecule has 32 heavy (non-hydrogen) atoms. The van der Waals surface area contributed by atoms with Crippen LogP contribution < -0.4 is 4.90 Å². The van der Waals surface area contributed by atoms with Crippen molar-refractivity contribution in [3.63, 3.8) is 0 Å². The molecule has 174 valence electrons. The molecule has 0 radical (unpaired) electrons. The number of hydrogen-bond acceptors (Lipinski definition) is 4. The largest absolute Gasteiger partial charge is 0.441 e. The highest BCUT2D eigenvalue weighted by Crippen LogP contribution is 2.36. The normalized spacial score (nSPS) is 16.3. The molecule has 5 nitrogen and oxygen atoms in total. The van der Waals surface area contributed by atoms with Gasteiger partial charge < -0.3 is 4.74 Å². The van der Waals surface area contributed by atoms with E-state index in [1.54, 1.807) is 19.1 Å². The van der Waals surface area contributed by atoms with Gasteiger partial charge in [-0.3, -0.25) is 4.90 Å². The summed E-state index contributed by atoms with van der Waals surface area (Å²) < 4.78 is 86.4. The van der Waals surface area contributed by atoms with E-state index < -0.39 is 67.9 Å². The number of cyclic esters (lactones) is 1. The molecule has 0 aliphatic carbocycles. The number of carbonyl (C=O) groups excluding carboxylic acids is 1. The van der Waals surface area contributed by atoms with Gasteiger partial charge in [-0.2, -0.15) is 0 Å². The van der Waals surface area contributed by atoms with Gasteiger partial charge in [0.2, 0.25) is 0 Å². The lowest BCUT2D eigenvalue weighted by Crippen LogP contribution is -2.39. The SMILES string of the molecule is Cc1c(F)c(F)c(CS(=O)(=O)Cc2ccc3c(c2)C(C)OC(=O)N3CC(C)C)c(F)c1F. The number of sulfone groups is 1. The third kappa shape index (κ3) is 4.60. The monoisotopic (exact) mass is 473 g/mol. The van der Waals surface area contributed by atoms with Crippen molar-refractivity contribution >= 4 is 21.6 Å². The minimum atomic E-state index is -4.20. The predicted molar refractivity (Wildman–Crippen MR) is 111 cm³/mol. The van der Waals surface area contributed by atoms with Crippen LogP contribution in [0.15, 0.2) is 18.2 Å². The Labute approximate surface area is 183 Å². The lowest BCUT2D eigenvalue weighted by atomic mass is 10.0. The van der Waals surface area contributed by atoms with E-state index in [9.17, 15) is 30.8 Å². The molecule has 1 aliphatic heterocycles. The van der Waals surface area contributed by atoms with Crippen LogP contribution in [0.2, 0.25) is 0 Å². The van der Waals surface area contributed by atoms with Crippen molar-refractivity contribution in [2.45, 2.75) is 45.3 Å². The van der Waals surface area contributed by atoms with Gasteiger partial charge in [0.25, 0.3) is 0 Å². The number of amides is 1. The average Bonchev–Trinajstić information content (AvgIpc) is 2.71. The summed E-state index contributed by atoms with van der Waals surface area (Å²) in [5.41, 5.74) is -0.572. The molecule has 1 amide bonds. The Bertz CT molecular complexity index is 1150. The maximum atomic E-state index is 14.1. The molecule has 2 aromatic carbocycles. The molecule has 1 unspecified atom stereocenters. The standard InChI is InChI=1S/C22H23F4NO4S/c1-11(2)8-27-17-6-5-14(7-15(17)13(4)31-22(27)28)9-32(29,30)10-16-20(25)18(23)12(3)19(24)21(16)26/h5-7,11,13H,8-10H2,1-4H3. The molecule has 0 fully saturated rings. The first-order valence-corrected chi connectivity index (χ1v) is 11.8. The highest BCUT2D eigenvalue weighted by atomic mass is 32.2. The lowest BCUT2D eigenvalue weighted by Gasteiger charge is -2.33. The molecule has 1 aliphatic rings. The first-order valence-electron chi connectivity index (χ1n) is 9.95. The van der Waals surface area contributed by atoms with Gasteiger partial charge in [0.05, 0.1) is 17.2 Å². The van der Waals surface area contributed by atoms with Crippen molar-refractivity contribution in [2.24, 2.45) is 5.92 Å². The quantitative estimate of drug-likeness (QED) is 0.420. The highest BCUT2D eigenvalue weighted by Gasteiger charge is 2.32. The Hall–Kier alpha value is -2.62. The van der Waals surface area contributed by atoms with Gasteiger partial charge in [0, 0.05) is 23.2 Å². The zero-order valence-corrected chi connectivity index (χ0v) is 18.8.